The lowest BCUT2D eigenvalue weighted by atomic mass is 9.57. The molecule has 1 heterocycles. The molecule has 0 aromatic heterocycles. The number of carbonyl (C=O) groups is 1. The van der Waals surface area contributed by atoms with Crippen molar-refractivity contribution in [1.29, 1.82) is 0 Å². The lowest BCUT2D eigenvalue weighted by molar-refractivity contribution is -0.134. The molecule has 0 bridgehead atoms. The molecular formula is C16H29NO. The second kappa shape index (κ2) is 4.06. The van der Waals surface area contributed by atoms with Crippen LogP contribution in [0.15, 0.2) is 0 Å². The molecule has 1 spiro atoms. The van der Waals surface area contributed by atoms with Gasteiger partial charge in [-0.25, -0.2) is 0 Å². The Morgan fingerprint density at radius 1 is 1.00 bits per heavy atom. The minimum atomic E-state index is -0.167. The van der Waals surface area contributed by atoms with Crippen LogP contribution in [0.1, 0.15) is 67.2 Å². The third-order valence-corrected chi connectivity index (χ3v) is 4.77. The third-order valence-electron chi connectivity index (χ3n) is 4.77. The van der Waals surface area contributed by atoms with Crippen LogP contribution in [-0.4, -0.2) is 28.8 Å². The molecular weight excluding hydrogens is 222 g/mol. The highest BCUT2D eigenvalue weighted by Gasteiger charge is 2.57. The number of likely N-dealkylation sites (tertiary alicyclic amines) is 1. The first kappa shape index (κ1) is 14.0. The molecule has 0 aromatic rings. The minimum Gasteiger partial charge on any atom is -0.298 e. The van der Waals surface area contributed by atoms with Crippen LogP contribution >= 0.6 is 0 Å². The Morgan fingerprint density at radius 3 is 1.94 bits per heavy atom. The van der Waals surface area contributed by atoms with Crippen LogP contribution in [0.3, 0.4) is 0 Å². The van der Waals surface area contributed by atoms with Crippen molar-refractivity contribution in [2.24, 2.45) is 10.8 Å². The van der Waals surface area contributed by atoms with Gasteiger partial charge < -0.3 is 0 Å². The normalized spacial score (nSPS) is 30.3. The van der Waals surface area contributed by atoms with Crippen molar-refractivity contribution < 1.29 is 4.79 Å². The van der Waals surface area contributed by atoms with Crippen molar-refractivity contribution in [3.05, 3.63) is 0 Å². The van der Waals surface area contributed by atoms with Crippen molar-refractivity contribution in [2.45, 2.75) is 78.8 Å². The van der Waals surface area contributed by atoms with E-state index in [1.807, 2.05) is 0 Å². The zero-order valence-corrected chi connectivity index (χ0v) is 13.0. The Morgan fingerprint density at radius 2 is 1.50 bits per heavy atom. The molecule has 0 N–H and O–H groups in total. The van der Waals surface area contributed by atoms with E-state index in [1.165, 1.54) is 6.42 Å². The summed E-state index contributed by atoms with van der Waals surface area (Å²) in [6.07, 6.45) is 4.06. The van der Waals surface area contributed by atoms with Gasteiger partial charge in [0.25, 0.3) is 0 Å². The molecule has 104 valence electrons. The predicted molar refractivity (Wildman–Crippen MR) is 75.6 cm³/mol. The number of hydrogen-bond donors (Lipinski definition) is 0. The van der Waals surface area contributed by atoms with E-state index in [4.69, 9.17) is 0 Å². The monoisotopic (exact) mass is 251 g/mol. The summed E-state index contributed by atoms with van der Waals surface area (Å²) in [6.45, 7) is 14.8. The Bertz CT molecular complexity index is 338. The molecule has 1 saturated carbocycles. The number of ketones is 1. The SMILES string of the molecule is CC(C)N1CCC(=O)C12CC(C)(C)CC(C)(C)C2. The zero-order chi connectivity index (χ0) is 13.8. The first-order chi connectivity index (χ1) is 8.08. The van der Waals surface area contributed by atoms with E-state index < -0.39 is 0 Å². The van der Waals surface area contributed by atoms with Gasteiger partial charge in [0.15, 0.2) is 5.78 Å². The fourth-order valence-electron chi connectivity index (χ4n) is 5.05. The Kier molecular flexibility index (Phi) is 3.17. The number of rotatable bonds is 1. The van der Waals surface area contributed by atoms with Gasteiger partial charge in [-0.05, 0) is 43.9 Å². The summed E-state index contributed by atoms with van der Waals surface area (Å²) in [4.78, 5) is 15.1. The topological polar surface area (TPSA) is 20.3 Å². The maximum atomic E-state index is 12.6. The zero-order valence-electron chi connectivity index (χ0n) is 13.0. The number of Topliss-reactive ketones (excluding diaryl/α,β-unsaturated/α-hetero) is 1. The summed E-state index contributed by atoms with van der Waals surface area (Å²) in [5, 5.41) is 0. The minimum absolute atomic E-state index is 0.167. The van der Waals surface area contributed by atoms with Crippen LogP contribution in [0.4, 0.5) is 0 Å². The van der Waals surface area contributed by atoms with Crippen LogP contribution in [0, 0.1) is 10.8 Å². The number of nitrogens with zero attached hydrogens (tertiary/aromatic N) is 1. The van der Waals surface area contributed by atoms with Crippen molar-refractivity contribution in [2.75, 3.05) is 6.54 Å². The van der Waals surface area contributed by atoms with Gasteiger partial charge in [0.1, 0.15) is 0 Å². The molecule has 0 aromatic carbocycles. The highest BCUT2D eigenvalue weighted by atomic mass is 16.1. The second-order valence-electron chi connectivity index (χ2n) is 8.35. The first-order valence-corrected chi connectivity index (χ1v) is 7.38. The van der Waals surface area contributed by atoms with Crippen LogP contribution in [0.2, 0.25) is 0 Å². The molecule has 2 rings (SSSR count). The molecule has 1 aliphatic carbocycles. The Balaban J connectivity index is 2.41. The van der Waals surface area contributed by atoms with Gasteiger partial charge in [0.2, 0.25) is 0 Å². The highest BCUT2D eigenvalue weighted by molar-refractivity contribution is 5.91. The quantitative estimate of drug-likeness (QED) is 0.709. The summed E-state index contributed by atoms with van der Waals surface area (Å²) >= 11 is 0. The Hall–Kier alpha value is -0.370. The fourth-order valence-corrected chi connectivity index (χ4v) is 5.05. The van der Waals surface area contributed by atoms with E-state index in [-0.39, 0.29) is 16.4 Å². The van der Waals surface area contributed by atoms with Crippen molar-refractivity contribution in [1.82, 2.24) is 4.90 Å². The molecule has 0 radical (unpaired) electrons. The number of carbonyl (C=O) groups excluding carboxylic acids is 1. The molecule has 18 heavy (non-hydrogen) atoms. The lowest BCUT2D eigenvalue weighted by Crippen LogP contribution is -2.58. The van der Waals surface area contributed by atoms with Gasteiger partial charge in [-0.3, -0.25) is 9.69 Å². The van der Waals surface area contributed by atoms with Crippen LogP contribution in [-0.2, 0) is 4.79 Å². The number of hydrogen-bond acceptors (Lipinski definition) is 2. The van der Waals surface area contributed by atoms with E-state index in [0.29, 0.717) is 11.8 Å². The summed E-state index contributed by atoms with van der Waals surface area (Å²) in [5.74, 6) is 0.497. The molecule has 2 fully saturated rings. The van der Waals surface area contributed by atoms with Crippen molar-refractivity contribution in [3.8, 4) is 0 Å². The summed E-state index contributed by atoms with van der Waals surface area (Å²) < 4.78 is 0. The average Bonchev–Trinajstić information content (AvgIpc) is 2.37. The lowest BCUT2D eigenvalue weighted by Gasteiger charge is -2.54. The molecule has 0 amide bonds. The average molecular weight is 251 g/mol. The van der Waals surface area contributed by atoms with E-state index in [1.54, 1.807) is 0 Å². The van der Waals surface area contributed by atoms with Crippen molar-refractivity contribution in [3.63, 3.8) is 0 Å². The maximum absolute atomic E-state index is 12.6. The predicted octanol–water partition coefficient (Wildman–Crippen LogP) is 3.64. The van der Waals surface area contributed by atoms with Gasteiger partial charge in [-0.1, -0.05) is 27.7 Å². The molecule has 0 unspecified atom stereocenters. The molecule has 2 aliphatic rings. The molecule has 2 nitrogen and oxygen atoms in total. The van der Waals surface area contributed by atoms with Gasteiger partial charge in [0.05, 0.1) is 5.54 Å². The summed E-state index contributed by atoms with van der Waals surface area (Å²) in [6, 6.07) is 0.473. The van der Waals surface area contributed by atoms with E-state index in [0.717, 1.165) is 25.8 Å². The third kappa shape index (κ3) is 2.24. The molecule has 1 saturated heterocycles. The summed E-state index contributed by atoms with van der Waals surface area (Å²) in [5.41, 5.74) is 0.378. The van der Waals surface area contributed by atoms with Crippen LogP contribution in [0.25, 0.3) is 0 Å². The second-order valence-corrected chi connectivity index (χ2v) is 8.35. The fraction of sp³-hybridized carbons (Fsp3) is 0.938. The van der Waals surface area contributed by atoms with Crippen LogP contribution < -0.4 is 0 Å². The van der Waals surface area contributed by atoms with Crippen LogP contribution in [0.5, 0.6) is 0 Å². The van der Waals surface area contributed by atoms with Gasteiger partial charge in [-0.15, -0.1) is 0 Å². The molecule has 1 aliphatic heterocycles. The first-order valence-electron chi connectivity index (χ1n) is 7.38. The van der Waals surface area contributed by atoms with Gasteiger partial charge in [0, 0.05) is 19.0 Å². The molecule has 0 atom stereocenters. The van der Waals surface area contributed by atoms with E-state index in [9.17, 15) is 4.79 Å². The molecule has 2 heteroatoms. The standard InChI is InChI=1S/C16H29NO/c1-12(2)17-8-7-13(18)16(17)10-14(3,4)9-15(5,6)11-16/h12H,7-11H2,1-6H3. The smallest absolute Gasteiger partial charge is 0.154 e. The van der Waals surface area contributed by atoms with Crippen molar-refractivity contribution >= 4 is 5.78 Å². The van der Waals surface area contributed by atoms with E-state index >= 15 is 0 Å². The van der Waals surface area contributed by atoms with E-state index in [2.05, 4.69) is 46.4 Å². The van der Waals surface area contributed by atoms with Gasteiger partial charge >= 0.3 is 0 Å². The summed E-state index contributed by atoms with van der Waals surface area (Å²) in [7, 11) is 0. The van der Waals surface area contributed by atoms with Gasteiger partial charge in [-0.2, -0.15) is 0 Å². The largest absolute Gasteiger partial charge is 0.298 e. The highest BCUT2D eigenvalue weighted by Crippen LogP contribution is 2.54. The Labute approximate surface area is 112 Å². The maximum Gasteiger partial charge on any atom is 0.154 e.